The van der Waals surface area contributed by atoms with Gasteiger partial charge in [0.1, 0.15) is 11.6 Å². The minimum absolute atomic E-state index is 0.0148. The van der Waals surface area contributed by atoms with Gasteiger partial charge in [-0.3, -0.25) is 9.80 Å². The normalized spacial score (nSPS) is 19.7. The summed E-state index contributed by atoms with van der Waals surface area (Å²) in [5, 5.41) is 8.35. The first kappa shape index (κ1) is 23.5. The highest BCUT2D eigenvalue weighted by molar-refractivity contribution is 7.91. The molecule has 2 atom stereocenters. The van der Waals surface area contributed by atoms with Crippen LogP contribution in [0.1, 0.15) is 35.3 Å². The first-order valence-electron chi connectivity index (χ1n) is 11.6. The van der Waals surface area contributed by atoms with E-state index in [0.717, 1.165) is 29.9 Å². The van der Waals surface area contributed by atoms with E-state index in [-0.39, 0.29) is 17.9 Å². The van der Waals surface area contributed by atoms with E-state index in [1.54, 1.807) is 64.7 Å². The Hall–Kier alpha value is -3.24. The lowest BCUT2D eigenvalue weighted by atomic mass is 10.0. The molecule has 2 aliphatic heterocycles. The van der Waals surface area contributed by atoms with Gasteiger partial charge in [-0.15, -0.1) is 0 Å². The largest absolute Gasteiger partial charge is 0.330 e. The van der Waals surface area contributed by atoms with E-state index in [2.05, 4.69) is 12.2 Å². The molecule has 184 valence electrons. The van der Waals surface area contributed by atoms with Crippen molar-refractivity contribution in [3.63, 3.8) is 0 Å². The minimum atomic E-state index is -2.82. The molecule has 2 aliphatic rings. The van der Waals surface area contributed by atoms with Crippen LogP contribution in [0.25, 0.3) is 5.69 Å². The highest BCUT2D eigenvalue weighted by Gasteiger charge is 2.38. The molecule has 2 amide bonds. The third kappa shape index (κ3) is 4.00. The molecular formula is C25H29FN6O2S. The van der Waals surface area contributed by atoms with E-state index in [1.807, 2.05) is 0 Å². The van der Waals surface area contributed by atoms with Crippen LogP contribution in [0.3, 0.4) is 0 Å². The molecule has 2 N–H and O–H groups in total. The van der Waals surface area contributed by atoms with Crippen molar-refractivity contribution in [2.75, 3.05) is 35.7 Å². The van der Waals surface area contributed by atoms with Crippen molar-refractivity contribution >= 4 is 27.3 Å². The Morgan fingerprint density at radius 1 is 1.09 bits per heavy atom. The predicted octanol–water partition coefficient (Wildman–Crippen LogP) is 4.32. The fourth-order valence-electron chi connectivity index (χ4n) is 4.95. The highest BCUT2D eigenvalue weighted by atomic mass is 32.2. The van der Waals surface area contributed by atoms with Crippen molar-refractivity contribution in [3.05, 3.63) is 64.6 Å². The zero-order chi connectivity index (χ0) is 25.1. The molecule has 0 saturated carbocycles. The van der Waals surface area contributed by atoms with E-state index in [1.165, 1.54) is 6.26 Å². The molecule has 1 unspecified atom stereocenters. The van der Waals surface area contributed by atoms with E-state index < -0.39 is 9.73 Å². The van der Waals surface area contributed by atoms with Crippen LogP contribution >= 0.6 is 0 Å². The zero-order valence-corrected chi connectivity index (χ0v) is 21.1. The number of amides is 2. The second-order valence-corrected chi connectivity index (χ2v) is 11.5. The summed E-state index contributed by atoms with van der Waals surface area (Å²) in [5.74, 6) is 0.467. The van der Waals surface area contributed by atoms with Crippen LogP contribution in [-0.4, -0.2) is 45.9 Å². The summed E-state index contributed by atoms with van der Waals surface area (Å²) >= 11 is 0. The van der Waals surface area contributed by atoms with Crippen LogP contribution < -0.4 is 15.1 Å². The number of carbonyl (C=O) groups excluding carboxylic acids is 1. The van der Waals surface area contributed by atoms with E-state index in [4.69, 9.17) is 9.88 Å². The topological polar surface area (TPSA) is 94.3 Å². The Bertz CT molecular complexity index is 1410. The summed E-state index contributed by atoms with van der Waals surface area (Å²) in [4.78, 5) is 17.5. The van der Waals surface area contributed by atoms with Crippen LogP contribution in [0.5, 0.6) is 0 Å². The summed E-state index contributed by atoms with van der Waals surface area (Å²) in [7, 11) is -2.82. The number of halogens is 1. The molecule has 2 aromatic carbocycles. The molecule has 3 aromatic rings. The van der Waals surface area contributed by atoms with Crippen molar-refractivity contribution < 1.29 is 13.4 Å². The summed E-state index contributed by atoms with van der Waals surface area (Å²) in [5.41, 5.74) is 4.39. The summed E-state index contributed by atoms with van der Waals surface area (Å²) in [6.07, 6.45) is 2.12. The van der Waals surface area contributed by atoms with Gasteiger partial charge in [-0.2, -0.15) is 5.10 Å². The Kier molecular flexibility index (Phi) is 5.68. The van der Waals surface area contributed by atoms with Crippen molar-refractivity contribution in [1.29, 1.82) is 4.78 Å². The van der Waals surface area contributed by atoms with Gasteiger partial charge in [0.05, 0.1) is 21.1 Å². The third-order valence-corrected chi connectivity index (χ3v) is 7.92. The number of aryl methyl sites for hydroxylation is 2. The highest BCUT2D eigenvalue weighted by Crippen LogP contribution is 2.37. The smallest absolute Gasteiger partial charge is 0.310 e. The summed E-state index contributed by atoms with van der Waals surface area (Å²) < 4.78 is 36.0. The Labute approximate surface area is 204 Å². The number of anilines is 2. The van der Waals surface area contributed by atoms with Gasteiger partial charge in [-0.25, -0.2) is 22.9 Å². The number of fused-ring (bicyclic) bond motifs is 1. The first-order valence-corrected chi connectivity index (χ1v) is 13.6. The van der Waals surface area contributed by atoms with Gasteiger partial charge in [0.2, 0.25) is 0 Å². The molecule has 0 bridgehead atoms. The second kappa shape index (κ2) is 8.46. The number of hydrogen-bond acceptors (Lipinski definition) is 5. The number of aromatic nitrogens is 2. The SMILES string of the molecule is Cc1cc(-n2nc3c(c2N2CCN(c4ccc(S(C)(=N)=O)cc4)C2=O)[C@H](C)NCC3)cc(C)c1F. The van der Waals surface area contributed by atoms with Gasteiger partial charge in [0, 0.05) is 54.5 Å². The number of nitrogens with zero attached hydrogens (tertiary/aromatic N) is 4. The number of benzene rings is 2. The van der Waals surface area contributed by atoms with E-state index in [0.29, 0.717) is 40.6 Å². The standard InChI is InChI=1S/C25H29FN6O2S/c1-15-13-19(14-16(2)23(15)26)32-24(22-17(3)28-10-9-21(22)29-32)31-12-11-30(25(31)33)18-5-7-20(8-6-18)35(4,27)34/h5-8,13-14,17,27-28H,9-12H2,1-4H3/t17-,35?/m0/s1. The van der Waals surface area contributed by atoms with Crippen LogP contribution in [0.15, 0.2) is 41.3 Å². The number of nitrogens with one attached hydrogen (secondary N) is 2. The van der Waals surface area contributed by atoms with Crippen molar-refractivity contribution in [3.8, 4) is 5.69 Å². The molecule has 0 aliphatic carbocycles. The lowest BCUT2D eigenvalue weighted by Gasteiger charge is -2.25. The summed E-state index contributed by atoms with van der Waals surface area (Å²) in [6.45, 7) is 7.27. The van der Waals surface area contributed by atoms with E-state index >= 15 is 0 Å². The number of carbonyl (C=O) groups is 1. The molecule has 0 radical (unpaired) electrons. The average Bonchev–Trinajstić information content (AvgIpc) is 3.37. The first-order chi connectivity index (χ1) is 16.6. The molecule has 10 heteroatoms. The molecule has 1 fully saturated rings. The van der Waals surface area contributed by atoms with Gasteiger partial charge in [-0.1, -0.05) is 0 Å². The monoisotopic (exact) mass is 496 g/mol. The van der Waals surface area contributed by atoms with Crippen LogP contribution in [0, 0.1) is 24.4 Å². The zero-order valence-electron chi connectivity index (χ0n) is 20.3. The predicted molar refractivity (Wildman–Crippen MR) is 135 cm³/mol. The van der Waals surface area contributed by atoms with Gasteiger partial charge in [0.25, 0.3) is 0 Å². The van der Waals surface area contributed by atoms with Crippen LogP contribution in [0.2, 0.25) is 0 Å². The maximum absolute atomic E-state index is 14.4. The van der Waals surface area contributed by atoms with Gasteiger partial charge in [-0.05, 0) is 68.3 Å². The fraction of sp³-hybridized carbons (Fsp3) is 0.360. The Morgan fingerprint density at radius 2 is 1.71 bits per heavy atom. The third-order valence-electron chi connectivity index (χ3n) is 6.75. The number of hydrogen-bond donors (Lipinski definition) is 2. The Balaban J connectivity index is 1.58. The molecule has 1 aromatic heterocycles. The van der Waals surface area contributed by atoms with Crippen molar-refractivity contribution in [2.24, 2.45) is 0 Å². The average molecular weight is 497 g/mol. The maximum Gasteiger partial charge on any atom is 0.330 e. The van der Waals surface area contributed by atoms with Crippen LogP contribution in [-0.2, 0) is 16.1 Å². The lowest BCUT2D eigenvalue weighted by Crippen LogP contribution is -2.35. The van der Waals surface area contributed by atoms with Crippen molar-refractivity contribution in [1.82, 2.24) is 15.1 Å². The molecular weight excluding hydrogens is 467 g/mol. The quantitative estimate of drug-likeness (QED) is 0.563. The summed E-state index contributed by atoms with van der Waals surface area (Å²) in [6, 6.07) is 10.1. The van der Waals surface area contributed by atoms with Crippen molar-refractivity contribution in [2.45, 2.75) is 38.1 Å². The molecule has 0 spiro atoms. The number of rotatable bonds is 4. The fourth-order valence-corrected chi connectivity index (χ4v) is 5.60. The van der Waals surface area contributed by atoms with Gasteiger partial charge < -0.3 is 5.32 Å². The number of urea groups is 1. The second-order valence-electron chi connectivity index (χ2n) is 9.34. The Morgan fingerprint density at radius 3 is 2.34 bits per heavy atom. The molecule has 35 heavy (non-hydrogen) atoms. The van der Waals surface area contributed by atoms with Gasteiger partial charge in [0.15, 0.2) is 0 Å². The molecule has 5 rings (SSSR count). The van der Waals surface area contributed by atoms with Gasteiger partial charge >= 0.3 is 6.03 Å². The van der Waals surface area contributed by atoms with Crippen LogP contribution in [0.4, 0.5) is 20.7 Å². The lowest BCUT2D eigenvalue weighted by molar-refractivity contribution is 0.255. The maximum atomic E-state index is 14.4. The molecule has 3 heterocycles. The minimum Gasteiger partial charge on any atom is -0.310 e. The molecule has 8 nitrogen and oxygen atoms in total. The van der Waals surface area contributed by atoms with E-state index in [9.17, 15) is 13.4 Å². The molecule has 1 saturated heterocycles.